The van der Waals surface area contributed by atoms with Crippen LogP contribution in [0.25, 0.3) is 0 Å². The molecule has 0 aliphatic carbocycles. The number of esters is 2. The molecule has 0 amide bonds. The molecule has 0 aliphatic heterocycles. The van der Waals surface area contributed by atoms with E-state index < -0.39 is 29.4 Å². The van der Waals surface area contributed by atoms with Crippen LogP contribution >= 0.6 is 0 Å². The number of methoxy groups -OCH3 is 2. The Hall–Kier alpha value is -2.90. The molecular weight excluding hydrogens is 285 g/mol. The number of anilines is 1. The van der Waals surface area contributed by atoms with Gasteiger partial charge in [0.2, 0.25) is 0 Å². The predicted octanol–water partition coefficient (Wildman–Crippen LogP) is 1.17. The van der Waals surface area contributed by atoms with Gasteiger partial charge in [-0.15, -0.1) is 0 Å². The number of nitrogens with one attached hydrogen (secondary N) is 1. The van der Waals surface area contributed by atoms with Gasteiger partial charge in [-0.05, 0) is 18.2 Å². The zero-order valence-corrected chi connectivity index (χ0v) is 11.2. The van der Waals surface area contributed by atoms with Gasteiger partial charge in [0.05, 0.1) is 31.5 Å². The van der Waals surface area contributed by atoms with Crippen molar-refractivity contribution in [3.8, 4) is 0 Å². The molecule has 0 saturated carbocycles. The number of benzene rings is 1. The molecule has 0 aromatic heterocycles. The van der Waals surface area contributed by atoms with E-state index in [0.717, 1.165) is 38.5 Å². The van der Waals surface area contributed by atoms with Gasteiger partial charge >= 0.3 is 17.9 Å². The molecule has 1 rings (SSSR count). The Morgan fingerprint density at radius 2 is 1.90 bits per heavy atom. The highest BCUT2D eigenvalue weighted by atomic mass is 19.1. The van der Waals surface area contributed by atoms with Crippen LogP contribution in [-0.2, 0) is 19.1 Å². The van der Waals surface area contributed by atoms with E-state index in [0.29, 0.717) is 0 Å². The van der Waals surface area contributed by atoms with Crippen molar-refractivity contribution in [3.63, 3.8) is 0 Å². The van der Waals surface area contributed by atoms with Crippen molar-refractivity contribution >= 4 is 23.6 Å². The highest BCUT2D eigenvalue weighted by molar-refractivity contribution is 6.01. The average molecular weight is 297 g/mol. The normalized spacial score (nSPS) is 10.7. The topological polar surface area (TPSA) is 102 Å². The fraction of sp³-hybridized carbons (Fsp3) is 0.154. The monoisotopic (exact) mass is 297 g/mol. The minimum absolute atomic E-state index is 0.206. The third kappa shape index (κ3) is 4.30. The molecule has 0 atom stereocenters. The Morgan fingerprint density at radius 3 is 2.43 bits per heavy atom. The number of halogens is 1. The lowest BCUT2D eigenvalue weighted by atomic mass is 10.1. The van der Waals surface area contributed by atoms with Crippen LogP contribution in [0.1, 0.15) is 10.4 Å². The van der Waals surface area contributed by atoms with Crippen molar-refractivity contribution in [2.24, 2.45) is 0 Å². The smallest absolute Gasteiger partial charge is 0.354 e. The summed E-state index contributed by atoms with van der Waals surface area (Å²) in [5.74, 6) is -3.86. The molecular formula is C13H12FNO6. The van der Waals surface area contributed by atoms with Crippen molar-refractivity contribution in [1.82, 2.24) is 0 Å². The zero-order chi connectivity index (χ0) is 16.0. The van der Waals surface area contributed by atoms with Crippen LogP contribution < -0.4 is 5.32 Å². The van der Waals surface area contributed by atoms with E-state index >= 15 is 0 Å². The van der Waals surface area contributed by atoms with Crippen LogP contribution in [0, 0.1) is 5.82 Å². The second kappa shape index (κ2) is 7.04. The van der Waals surface area contributed by atoms with Gasteiger partial charge in [-0.25, -0.2) is 18.8 Å². The molecule has 0 spiro atoms. The molecule has 21 heavy (non-hydrogen) atoms. The lowest BCUT2D eigenvalue weighted by molar-refractivity contribution is -0.138. The van der Waals surface area contributed by atoms with Gasteiger partial charge in [-0.2, -0.15) is 0 Å². The van der Waals surface area contributed by atoms with Gasteiger partial charge < -0.3 is 19.9 Å². The molecule has 0 radical (unpaired) electrons. The molecule has 0 saturated heterocycles. The van der Waals surface area contributed by atoms with Gasteiger partial charge in [-0.3, -0.25) is 0 Å². The standard InChI is InChI=1S/C13H12FNO6/c1-20-11(16)6-10(13(19)21-2)15-9-5-7(14)3-4-8(9)12(17)18/h3-6,15H,1-2H3,(H,17,18)/b10-6+. The summed E-state index contributed by atoms with van der Waals surface area (Å²) in [6.07, 6.45) is 0.766. The highest BCUT2D eigenvalue weighted by Gasteiger charge is 2.17. The summed E-state index contributed by atoms with van der Waals surface area (Å²) in [6.45, 7) is 0. The Balaban J connectivity index is 3.23. The van der Waals surface area contributed by atoms with Crippen LogP contribution in [0.2, 0.25) is 0 Å². The first-order valence-electron chi connectivity index (χ1n) is 5.57. The molecule has 0 fully saturated rings. The Bertz CT molecular complexity index is 611. The van der Waals surface area contributed by atoms with E-state index in [9.17, 15) is 18.8 Å². The molecule has 1 aromatic carbocycles. The maximum Gasteiger partial charge on any atom is 0.354 e. The third-order valence-electron chi connectivity index (χ3n) is 2.35. The van der Waals surface area contributed by atoms with Crippen molar-refractivity contribution in [1.29, 1.82) is 0 Å². The molecule has 0 unspecified atom stereocenters. The number of carboxylic acid groups (broad SMARTS) is 1. The number of ether oxygens (including phenoxy) is 2. The van der Waals surface area contributed by atoms with Crippen LogP contribution in [-0.4, -0.2) is 37.2 Å². The molecule has 0 aliphatic rings. The number of hydrogen-bond donors (Lipinski definition) is 2. The SMILES string of the molecule is COC(=O)/C=C(/Nc1cc(F)ccc1C(=O)O)C(=O)OC. The Labute approximate surface area is 119 Å². The summed E-state index contributed by atoms with van der Waals surface area (Å²) in [7, 11) is 2.16. The minimum Gasteiger partial charge on any atom is -0.478 e. The first kappa shape index (κ1) is 16.2. The summed E-state index contributed by atoms with van der Waals surface area (Å²) in [5.41, 5.74) is -0.878. The molecule has 0 bridgehead atoms. The molecule has 8 heteroatoms. The summed E-state index contributed by atoms with van der Waals surface area (Å²) >= 11 is 0. The zero-order valence-electron chi connectivity index (χ0n) is 11.2. The Kier molecular flexibility index (Phi) is 5.41. The molecule has 7 nitrogen and oxygen atoms in total. The molecule has 2 N–H and O–H groups in total. The maximum atomic E-state index is 13.2. The van der Waals surface area contributed by atoms with Crippen molar-refractivity contribution in [2.45, 2.75) is 0 Å². The van der Waals surface area contributed by atoms with Gasteiger partial charge in [0.1, 0.15) is 11.5 Å². The Morgan fingerprint density at radius 1 is 1.24 bits per heavy atom. The van der Waals surface area contributed by atoms with Crippen LogP contribution in [0.15, 0.2) is 30.0 Å². The average Bonchev–Trinajstić information content (AvgIpc) is 2.45. The van der Waals surface area contributed by atoms with E-state index in [1.807, 2.05) is 0 Å². The minimum atomic E-state index is -1.33. The lowest BCUT2D eigenvalue weighted by Gasteiger charge is -2.11. The first-order valence-corrected chi connectivity index (χ1v) is 5.57. The van der Waals surface area contributed by atoms with E-state index in [-0.39, 0.29) is 11.3 Å². The molecule has 0 heterocycles. The molecule has 1 aromatic rings. The largest absolute Gasteiger partial charge is 0.478 e. The van der Waals surface area contributed by atoms with Gasteiger partial charge in [0.15, 0.2) is 0 Å². The van der Waals surface area contributed by atoms with Crippen molar-refractivity contribution < 1.29 is 33.4 Å². The van der Waals surface area contributed by atoms with Crippen molar-refractivity contribution in [3.05, 3.63) is 41.4 Å². The number of carbonyl (C=O) groups excluding carboxylic acids is 2. The van der Waals surface area contributed by atoms with Gasteiger partial charge in [-0.1, -0.05) is 0 Å². The summed E-state index contributed by atoms with van der Waals surface area (Å²) in [6, 6.07) is 2.85. The summed E-state index contributed by atoms with van der Waals surface area (Å²) in [5, 5.41) is 11.4. The number of hydrogen-bond acceptors (Lipinski definition) is 6. The predicted molar refractivity (Wildman–Crippen MR) is 69.1 cm³/mol. The van der Waals surface area contributed by atoms with E-state index in [4.69, 9.17) is 5.11 Å². The summed E-state index contributed by atoms with van der Waals surface area (Å²) in [4.78, 5) is 33.8. The molecule has 112 valence electrons. The number of rotatable bonds is 5. The summed E-state index contributed by atoms with van der Waals surface area (Å²) < 4.78 is 22.0. The second-order valence-electron chi connectivity index (χ2n) is 3.69. The first-order chi connectivity index (χ1) is 9.88. The number of carbonyl (C=O) groups is 3. The van der Waals surface area contributed by atoms with E-state index in [1.165, 1.54) is 0 Å². The fourth-order valence-corrected chi connectivity index (χ4v) is 1.38. The van der Waals surface area contributed by atoms with Crippen LogP contribution in [0.3, 0.4) is 0 Å². The van der Waals surface area contributed by atoms with Crippen molar-refractivity contribution in [2.75, 3.05) is 19.5 Å². The lowest BCUT2D eigenvalue weighted by Crippen LogP contribution is -2.17. The third-order valence-corrected chi connectivity index (χ3v) is 2.35. The number of aromatic carboxylic acids is 1. The van der Waals surface area contributed by atoms with Gasteiger partial charge in [0.25, 0.3) is 0 Å². The fourth-order valence-electron chi connectivity index (χ4n) is 1.38. The quantitative estimate of drug-likeness (QED) is 0.621. The van der Waals surface area contributed by atoms with Crippen LogP contribution in [0.4, 0.5) is 10.1 Å². The second-order valence-corrected chi connectivity index (χ2v) is 3.69. The van der Waals surface area contributed by atoms with Gasteiger partial charge in [0, 0.05) is 0 Å². The number of carboxylic acids is 1. The van der Waals surface area contributed by atoms with Crippen LogP contribution in [0.5, 0.6) is 0 Å². The highest BCUT2D eigenvalue weighted by Crippen LogP contribution is 2.19. The van der Waals surface area contributed by atoms with E-state index in [2.05, 4.69) is 14.8 Å². The van der Waals surface area contributed by atoms with E-state index in [1.54, 1.807) is 0 Å². The maximum absolute atomic E-state index is 13.2.